The normalized spacial score (nSPS) is 12.8. The molecule has 0 aliphatic heterocycles. The lowest BCUT2D eigenvalue weighted by molar-refractivity contribution is 0.196. The average molecular weight is 273 g/mol. The first-order valence-corrected chi connectivity index (χ1v) is 7.13. The van der Waals surface area contributed by atoms with Crippen LogP contribution < -0.4 is 5.73 Å². The van der Waals surface area contributed by atoms with E-state index in [9.17, 15) is 0 Å². The summed E-state index contributed by atoms with van der Waals surface area (Å²) in [7, 11) is 0. The van der Waals surface area contributed by atoms with Crippen LogP contribution in [0.4, 0.5) is 0 Å². The van der Waals surface area contributed by atoms with Gasteiger partial charge in [0.1, 0.15) is 0 Å². The molecular weight excluding hydrogens is 250 g/mol. The molecule has 2 heterocycles. The molecule has 0 fully saturated rings. The monoisotopic (exact) mass is 273 g/mol. The first-order chi connectivity index (χ1) is 9.80. The maximum Gasteiger partial charge on any atom is 0.0948 e. The number of aromatic nitrogens is 3. The van der Waals surface area contributed by atoms with Crippen molar-refractivity contribution in [1.82, 2.24) is 19.4 Å². The molecule has 0 saturated carbocycles. The van der Waals surface area contributed by atoms with Crippen LogP contribution >= 0.6 is 0 Å². The second-order valence-corrected chi connectivity index (χ2v) is 4.77. The van der Waals surface area contributed by atoms with E-state index in [0.29, 0.717) is 6.54 Å². The van der Waals surface area contributed by atoms with Crippen molar-refractivity contribution < 1.29 is 0 Å². The Labute approximate surface area is 120 Å². The van der Waals surface area contributed by atoms with E-state index < -0.39 is 0 Å². The Hall–Kier alpha value is -1.72. The van der Waals surface area contributed by atoms with Crippen LogP contribution in [-0.4, -0.2) is 32.5 Å². The predicted molar refractivity (Wildman–Crippen MR) is 80.0 cm³/mol. The molecule has 0 radical (unpaired) electrons. The van der Waals surface area contributed by atoms with Crippen LogP contribution in [0.3, 0.4) is 0 Å². The van der Waals surface area contributed by atoms with E-state index in [4.69, 9.17) is 5.73 Å². The van der Waals surface area contributed by atoms with Gasteiger partial charge in [-0.3, -0.25) is 9.88 Å². The Balaban J connectivity index is 2.19. The van der Waals surface area contributed by atoms with Crippen molar-refractivity contribution in [2.75, 3.05) is 13.1 Å². The van der Waals surface area contributed by atoms with E-state index in [0.717, 1.165) is 19.6 Å². The Morgan fingerprint density at radius 2 is 2.00 bits per heavy atom. The quantitative estimate of drug-likeness (QED) is 0.836. The minimum atomic E-state index is 0.190. The Morgan fingerprint density at radius 3 is 2.60 bits per heavy atom. The molecule has 2 rings (SSSR count). The number of nitrogens with zero attached hydrogens (tertiary/aromatic N) is 4. The van der Waals surface area contributed by atoms with Crippen molar-refractivity contribution in [3.63, 3.8) is 0 Å². The topological polar surface area (TPSA) is 60.0 Å². The van der Waals surface area contributed by atoms with Gasteiger partial charge < -0.3 is 10.3 Å². The molecule has 1 atom stereocenters. The van der Waals surface area contributed by atoms with Gasteiger partial charge in [-0.05, 0) is 31.2 Å². The molecule has 0 bridgehead atoms. The van der Waals surface area contributed by atoms with Crippen molar-refractivity contribution in [3.05, 3.63) is 48.3 Å². The molecule has 108 valence electrons. The first-order valence-electron chi connectivity index (χ1n) is 7.13. The van der Waals surface area contributed by atoms with E-state index in [1.165, 1.54) is 11.3 Å². The van der Waals surface area contributed by atoms with Gasteiger partial charge in [-0.25, -0.2) is 4.98 Å². The zero-order chi connectivity index (χ0) is 14.4. The van der Waals surface area contributed by atoms with Crippen molar-refractivity contribution in [2.45, 2.75) is 33.0 Å². The number of hydrogen-bond acceptors (Lipinski definition) is 4. The van der Waals surface area contributed by atoms with Crippen LogP contribution in [0, 0.1) is 0 Å². The number of rotatable bonds is 7. The lowest BCUT2D eigenvalue weighted by Gasteiger charge is -2.30. The van der Waals surface area contributed by atoms with E-state index in [2.05, 4.69) is 33.3 Å². The average Bonchev–Trinajstić information content (AvgIpc) is 2.96. The van der Waals surface area contributed by atoms with Gasteiger partial charge in [-0.15, -0.1) is 0 Å². The number of aryl methyl sites for hydroxylation is 1. The highest BCUT2D eigenvalue weighted by Crippen LogP contribution is 2.21. The molecule has 1 unspecified atom stereocenters. The zero-order valence-electron chi connectivity index (χ0n) is 12.2. The van der Waals surface area contributed by atoms with Crippen LogP contribution in [0.1, 0.15) is 31.1 Å². The largest absolute Gasteiger partial charge is 0.333 e. The first kappa shape index (κ1) is 14.7. The van der Waals surface area contributed by atoms with Crippen molar-refractivity contribution in [3.8, 4) is 0 Å². The highest BCUT2D eigenvalue weighted by Gasteiger charge is 2.21. The second-order valence-electron chi connectivity index (χ2n) is 4.77. The zero-order valence-corrected chi connectivity index (χ0v) is 12.2. The summed E-state index contributed by atoms with van der Waals surface area (Å²) in [6, 6.07) is 4.29. The number of nitrogens with two attached hydrogens (primary N) is 1. The van der Waals surface area contributed by atoms with Crippen molar-refractivity contribution in [1.29, 1.82) is 0 Å². The number of hydrogen-bond donors (Lipinski definition) is 1. The highest BCUT2D eigenvalue weighted by atomic mass is 15.2. The summed E-state index contributed by atoms with van der Waals surface area (Å²) in [5.41, 5.74) is 8.46. The fourth-order valence-electron chi connectivity index (χ4n) is 2.49. The molecule has 0 saturated heterocycles. The van der Waals surface area contributed by atoms with E-state index >= 15 is 0 Å². The third-order valence-electron chi connectivity index (χ3n) is 3.63. The summed E-state index contributed by atoms with van der Waals surface area (Å²) in [6.07, 6.45) is 7.46. The van der Waals surface area contributed by atoms with Gasteiger partial charge in [0.05, 0.1) is 18.1 Å². The summed E-state index contributed by atoms with van der Waals surface area (Å²) in [5, 5.41) is 0. The Morgan fingerprint density at radius 1 is 1.25 bits per heavy atom. The molecule has 2 N–H and O–H groups in total. The van der Waals surface area contributed by atoms with Gasteiger partial charge in [0.2, 0.25) is 0 Å². The molecule has 20 heavy (non-hydrogen) atoms. The Bertz CT molecular complexity index is 508. The maximum atomic E-state index is 6.02. The lowest BCUT2D eigenvalue weighted by Crippen LogP contribution is -2.34. The third kappa shape index (κ3) is 3.23. The van der Waals surface area contributed by atoms with E-state index in [1.54, 1.807) is 0 Å². The predicted octanol–water partition coefficient (Wildman–Crippen LogP) is 1.82. The van der Waals surface area contributed by atoms with Crippen molar-refractivity contribution >= 4 is 0 Å². The SMILES string of the molecule is CCN(Cc1ccncc1)C(CN)c1cncn1CC. The van der Waals surface area contributed by atoms with Crippen LogP contribution in [-0.2, 0) is 13.1 Å². The second kappa shape index (κ2) is 7.17. The van der Waals surface area contributed by atoms with Gasteiger partial charge in [0, 0.05) is 38.2 Å². The van der Waals surface area contributed by atoms with Gasteiger partial charge in [0.15, 0.2) is 0 Å². The molecule has 5 heteroatoms. The molecule has 0 aliphatic rings. The van der Waals surface area contributed by atoms with Crippen LogP contribution in [0.25, 0.3) is 0 Å². The Kier molecular flexibility index (Phi) is 5.26. The molecule has 0 amide bonds. The van der Waals surface area contributed by atoms with Crippen molar-refractivity contribution in [2.24, 2.45) is 5.73 Å². The lowest BCUT2D eigenvalue weighted by atomic mass is 10.1. The molecule has 2 aromatic heterocycles. The molecule has 2 aromatic rings. The highest BCUT2D eigenvalue weighted by molar-refractivity contribution is 5.12. The van der Waals surface area contributed by atoms with Crippen LogP contribution in [0.15, 0.2) is 37.1 Å². The minimum absolute atomic E-state index is 0.190. The summed E-state index contributed by atoms with van der Waals surface area (Å²) < 4.78 is 2.16. The summed E-state index contributed by atoms with van der Waals surface area (Å²) in [4.78, 5) is 10.7. The van der Waals surface area contributed by atoms with E-state index in [-0.39, 0.29) is 6.04 Å². The smallest absolute Gasteiger partial charge is 0.0948 e. The summed E-state index contributed by atoms with van der Waals surface area (Å²) >= 11 is 0. The summed E-state index contributed by atoms with van der Waals surface area (Å²) in [5.74, 6) is 0. The fraction of sp³-hybridized carbons (Fsp3) is 0.467. The standard InChI is InChI=1S/C15H23N5/c1-3-19(11-13-5-7-17-8-6-13)14(9-16)15-10-18-12-20(15)4-2/h5-8,10,12,14H,3-4,9,11,16H2,1-2H3. The molecule has 0 aliphatic carbocycles. The maximum absolute atomic E-state index is 6.02. The third-order valence-corrected chi connectivity index (χ3v) is 3.63. The van der Waals surface area contributed by atoms with Gasteiger partial charge in [0.25, 0.3) is 0 Å². The van der Waals surface area contributed by atoms with Gasteiger partial charge >= 0.3 is 0 Å². The molecule has 0 spiro atoms. The van der Waals surface area contributed by atoms with E-state index in [1.807, 2.05) is 37.1 Å². The molecule has 0 aromatic carbocycles. The minimum Gasteiger partial charge on any atom is -0.333 e. The number of likely N-dealkylation sites (N-methyl/N-ethyl adjacent to an activating group) is 1. The van der Waals surface area contributed by atoms with Crippen LogP contribution in [0.2, 0.25) is 0 Å². The summed E-state index contributed by atoms with van der Waals surface area (Å²) in [6.45, 7) is 7.60. The van der Waals surface area contributed by atoms with Gasteiger partial charge in [-0.2, -0.15) is 0 Å². The van der Waals surface area contributed by atoms with Gasteiger partial charge in [-0.1, -0.05) is 6.92 Å². The molecular formula is C15H23N5. The number of pyridine rings is 1. The van der Waals surface area contributed by atoms with Crippen LogP contribution in [0.5, 0.6) is 0 Å². The number of imidazole rings is 1. The molecule has 5 nitrogen and oxygen atoms in total. The fourth-order valence-corrected chi connectivity index (χ4v) is 2.49.